The zero-order valence-electron chi connectivity index (χ0n) is 15.1. The Labute approximate surface area is 176 Å². The minimum atomic E-state index is -9.85. The predicted molar refractivity (Wildman–Crippen MR) is 104 cm³/mol. The van der Waals surface area contributed by atoms with Gasteiger partial charge in [0.1, 0.15) is 23.3 Å². The number of carbonyl (C=O) groups is 1. The van der Waals surface area contributed by atoms with Crippen molar-refractivity contribution < 1.29 is 29.0 Å². The Balaban J connectivity index is 2.16. The standard InChI is InChI=1S/C18H13BrF5N3O2S/c1-18(10-26,11-29-16-7-4-14(19)8-13(16)9-25)27-17(28)12-2-5-15(6-3-12)30(20,21,22,23)24/h2-8H,11H2,1H3,(H,27,28). The average Bonchev–Trinajstić information content (AvgIpc) is 2.65. The van der Waals surface area contributed by atoms with E-state index in [1.807, 2.05) is 6.07 Å². The molecule has 0 aliphatic heterocycles. The molecule has 0 aliphatic rings. The first-order chi connectivity index (χ1) is 13.6. The third kappa shape index (κ3) is 5.84. The van der Waals surface area contributed by atoms with E-state index in [4.69, 9.17) is 10.00 Å². The molecule has 0 aromatic heterocycles. The lowest BCUT2D eigenvalue weighted by Crippen LogP contribution is -2.49. The number of amides is 1. The van der Waals surface area contributed by atoms with Crippen LogP contribution in [0.1, 0.15) is 22.8 Å². The Hall–Kier alpha value is -2.83. The lowest BCUT2D eigenvalue weighted by molar-refractivity contribution is 0.0901. The second kappa shape index (κ2) is 7.15. The summed E-state index contributed by atoms with van der Waals surface area (Å²) in [6, 6.07) is 9.65. The molecule has 1 amide bonds. The van der Waals surface area contributed by atoms with Crippen molar-refractivity contribution in [3.05, 3.63) is 58.1 Å². The number of nitriles is 2. The van der Waals surface area contributed by atoms with Crippen molar-refractivity contribution in [3.8, 4) is 17.9 Å². The van der Waals surface area contributed by atoms with E-state index >= 15 is 0 Å². The summed E-state index contributed by atoms with van der Waals surface area (Å²) in [7, 11) is -9.85. The minimum absolute atomic E-state index is 0.109. The monoisotopic (exact) mass is 509 g/mol. The molecule has 12 heteroatoms. The molecule has 160 valence electrons. The van der Waals surface area contributed by atoms with Crippen LogP contribution in [0.5, 0.6) is 5.75 Å². The van der Waals surface area contributed by atoms with E-state index in [0.29, 0.717) is 16.6 Å². The van der Waals surface area contributed by atoms with Gasteiger partial charge in [0.2, 0.25) is 0 Å². The fourth-order valence-electron chi connectivity index (χ4n) is 2.22. The number of halogens is 6. The SMILES string of the molecule is CC(C#N)(COc1ccc(Br)cc1C#N)NC(=O)c1ccc(S(F)(F)(F)(F)F)cc1. The highest BCUT2D eigenvalue weighted by Crippen LogP contribution is 3.02. The summed E-state index contributed by atoms with van der Waals surface area (Å²) in [5.74, 6) is -0.815. The third-order valence-electron chi connectivity index (χ3n) is 3.78. The number of hydrogen-bond donors (Lipinski definition) is 1. The molecular weight excluding hydrogens is 497 g/mol. The lowest BCUT2D eigenvalue weighted by Gasteiger charge is -2.40. The maximum absolute atomic E-state index is 12.8. The largest absolute Gasteiger partial charge is 0.489 e. The van der Waals surface area contributed by atoms with Crippen LogP contribution in [0.4, 0.5) is 19.4 Å². The molecule has 0 spiro atoms. The fraction of sp³-hybridized carbons (Fsp3) is 0.167. The Bertz CT molecular complexity index is 1080. The van der Waals surface area contributed by atoms with Gasteiger partial charge in [0.25, 0.3) is 5.91 Å². The van der Waals surface area contributed by atoms with Gasteiger partial charge in [-0.3, -0.25) is 4.79 Å². The Morgan fingerprint density at radius 1 is 1.13 bits per heavy atom. The fourth-order valence-corrected chi connectivity index (χ4v) is 3.23. The second-order valence-electron chi connectivity index (χ2n) is 6.43. The molecule has 0 saturated carbocycles. The van der Waals surface area contributed by atoms with Crippen LogP contribution in [0, 0.1) is 22.7 Å². The van der Waals surface area contributed by atoms with Crippen molar-refractivity contribution in [3.63, 3.8) is 0 Å². The van der Waals surface area contributed by atoms with Crippen molar-refractivity contribution >= 4 is 32.1 Å². The molecule has 1 N–H and O–H groups in total. The molecule has 0 radical (unpaired) electrons. The van der Waals surface area contributed by atoms with Gasteiger partial charge in [-0.05, 0) is 49.4 Å². The second-order valence-corrected chi connectivity index (χ2v) is 9.76. The summed E-state index contributed by atoms with van der Waals surface area (Å²) in [4.78, 5) is 10.2. The minimum Gasteiger partial charge on any atom is -0.489 e. The van der Waals surface area contributed by atoms with Gasteiger partial charge in [-0.15, -0.1) is 0 Å². The average molecular weight is 510 g/mol. The Morgan fingerprint density at radius 3 is 2.23 bits per heavy atom. The smallest absolute Gasteiger partial charge is 0.310 e. The van der Waals surface area contributed by atoms with Crippen LogP contribution in [0.15, 0.2) is 51.8 Å². The number of ether oxygens (including phenoxy) is 1. The Morgan fingerprint density at radius 2 is 1.73 bits per heavy atom. The van der Waals surface area contributed by atoms with E-state index in [0.717, 1.165) is 0 Å². The third-order valence-corrected chi connectivity index (χ3v) is 5.43. The van der Waals surface area contributed by atoms with E-state index in [1.54, 1.807) is 12.1 Å². The van der Waals surface area contributed by atoms with Gasteiger partial charge in [-0.1, -0.05) is 35.4 Å². The summed E-state index contributed by atoms with van der Waals surface area (Å²) in [5.41, 5.74) is -1.82. The predicted octanol–water partition coefficient (Wildman–Crippen LogP) is 6.07. The molecule has 2 aromatic carbocycles. The van der Waals surface area contributed by atoms with Gasteiger partial charge < -0.3 is 10.1 Å². The van der Waals surface area contributed by atoms with Gasteiger partial charge in [0.15, 0.2) is 5.54 Å². The van der Waals surface area contributed by atoms with Crippen LogP contribution < -0.4 is 10.1 Å². The number of benzene rings is 2. The normalized spacial score (nSPS) is 15.5. The number of hydrogen-bond acceptors (Lipinski definition) is 4. The van der Waals surface area contributed by atoms with E-state index < -0.39 is 33.2 Å². The summed E-state index contributed by atoms with van der Waals surface area (Å²) in [6.07, 6.45) is 0. The van der Waals surface area contributed by atoms with E-state index in [1.165, 1.54) is 19.1 Å². The van der Waals surface area contributed by atoms with Crippen molar-refractivity contribution in [2.24, 2.45) is 0 Å². The van der Waals surface area contributed by atoms with Crippen LogP contribution in [0.25, 0.3) is 0 Å². The van der Waals surface area contributed by atoms with Crippen molar-refractivity contribution in [2.45, 2.75) is 17.4 Å². The molecule has 0 heterocycles. The molecule has 0 bridgehead atoms. The highest BCUT2D eigenvalue weighted by molar-refractivity contribution is 9.10. The number of carbonyl (C=O) groups excluding carboxylic acids is 1. The van der Waals surface area contributed by atoms with Gasteiger partial charge in [-0.25, -0.2) is 0 Å². The summed E-state index contributed by atoms with van der Waals surface area (Å²) >= 11 is 3.19. The van der Waals surface area contributed by atoms with Crippen LogP contribution >= 0.6 is 26.2 Å². The molecule has 30 heavy (non-hydrogen) atoms. The van der Waals surface area contributed by atoms with Crippen molar-refractivity contribution in [1.29, 1.82) is 10.5 Å². The Kier molecular flexibility index (Phi) is 5.58. The summed E-state index contributed by atoms with van der Waals surface area (Å²) in [6.45, 7) is 0.897. The summed E-state index contributed by atoms with van der Waals surface area (Å²) < 4.78 is 69.9. The lowest BCUT2D eigenvalue weighted by atomic mass is 10.0. The quantitative estimate of drug-likeness (QED) is 0.478. The molecule has 0 aliphatic carbocycles. The molecule has 1 unspecified atom stereocenters. The molecule has 0 fully saturated rings. The molecule has 2 aromatic rings. The van der Waals surface area contributed by atoms with E-state index in [2.05, 4.69) is 21.2 Å². The first-order valence-electron chi connectivity index (χ1n) is 7.97. The van der Waals surface area contributed by atoms with Gasteiger partial charge in [0, 0.05) is 10.0 Å². The molecule has 5 nitrogen and oxygen atoms in total. The van der Waals surface area contributed by atoms with Crippen LogP contribution in [-0.4, -0.2) is 18.1 Å². The zero-order chi connectivity index (χ0) is 22.9. The number of rotatable bonds is 6. The maximum atomic E-state index is 12.8. The molecule has 1 atom stereocenters. The molecular formula is C18H13BrF5N3O2S. The zero-order valence-corrected chi connectivity index (χ0v) is 17.5. The summed E-state index contributed by atoms with van der Waals surface area (Å²) in [5, 5.41) is 20.8. The van der Waals surface area contributed by atoms with Gasteiger partial charge in [0.05, 0.1) is 11.6 Å². The van der Waals surface area contributed by atoms with Crippen molar-refractivity contribution in [1.82, 2.24) is 5.32 Å². The first-order valence-corrected chi connectivity index (χ1v) is 10.7. The van der Waals surface area contributed by atoms with Crippen LogP contribution in [-0.2, 0) is 0 Å². The van der Waals surface area contributed by atoms with E-state index in [-0.39, 0.29) is 29.0 Å². The van der Waals surface area contributed by atoms with Gasteiger partial charge in [-0.2, -0.15) is 10.5 Å². The highest BCUT2D eigenvalue weighted by atomic mass is 79.9. The molecule has 2 rings (SSSR count). The maximum Gasteiger partial charge on any atom is 0.310 e. The van der Waals surface area contributed by atoms with Gasteiger partial charge >= 0.3 is 10.2 Å². The van der Waals surface area contributed by atoms with E-state index in [9.17, 15) is 29.5 Å². The van der Waals surface area contributed by atoms with Crippen LogP contribution in [0.3, 0.4) is 0 Å². The van der Waals surface area contributed by atoms with Crippen molar-refractivity contribution in [2.75, 3.05) is 6.61 Å². The molecule has 0 saturated heterocycles. The van der Waals surface area contributed by atoms with Crippen LogP contribution in [0.2, 0.25) is 0 Å². The highest BCUT2D eigenvalue weighted by Gasteiger charge is 2.65. The number of nitrogens with one attached hydrogen (secondary N) is 1. The first kappa shape index (κ1) is 23.4. The topological polar surface area (TPSA) is 85.9 Å². The number of nitrogens with zero attached hydrogens (tertiary/aromatic N) is 2.